The molecule has 0 bridgehead atoms. The summed E-state index contributed by atoms with van der Waals surface area (Å²) in [5.41, 5.74) is 4.41. The first-order valence-corrected chi connectivity index (χ1v) is 6.52. The van der Waals surface area contributed by atoms with Gasteiger partial charge in [0.05, 0.1) is 23.2 Å². The van der Waals surface area contributed by atoms with Crippen molar-refractivity contribution in [1.82, 2.24) is 5.32 Å². The first kappa shape index (κ1) is 15.2. The highest BCUT2D eigenvalue weighted by atomic mass is 19.1. The van der Waals surface area contributed by atoms with Crippen LogP contribution >= 0.6 is 0 Å². The zero-order chi connectivity index (χ0) is 15.6. The van der Waals surface area contributed by atoms with E-state index in [0.717, 1.165) is 12.5 Å². The van der Waals surface area contributed by atoms with Crippen LogP contribution in [0.4, 0.5) is 15.8 Å². The third-order valence-electron chi connectivity index (χ3n) is 3.60. The molecule has 3 N–H and O–H groups in total. The van der Waals surface area contributed by atoms with Crippen LogP contribution < -0.4 is 11.1 Å². The van der Waals surface area contributed by atoms with Gasteiger partial charge in [-0.05, 0) is 19.4 Å². The second-order valence-corrected chi connectivity index (χ2v) is 5.03. The molecule has 1 heterocycles. The maximum absolute atomic E-state index is 13.4. The highest BCUT2D eigenvalue weighted by Gasteiger charge is 2.26. The van der Waals surface area contributed by atoms with Crippen LogP contribution in [0.5, 0.6) is 0 Å². The van der Waals surface area contributed by atoms with Gasteiger partial charge in [0.25, 0.3) is 11.6 Å². The Morgan fingerprint density at radius 2 is 2.33 bits per heavy atom. The molecule has 1 aliphatic rings. The van der Waals surface area contributed by atoms with Crippen LogP contribution in [0.2, 0.25) is 0 Å². The molecule has 8 heteroatoms. The van der Waals surface area contributed by atoms with E-state index in [-0.39, 0.29) is 23.2 Å². The van der Waals surface area contributed by atoms with Crippen LogP contribution in [-0.2, 0) is 4.74 Å². The lowest BCUT2D eigenvalue weighted by Gasteiger charge is -2.19. The molecule has 0 radical (unpaired) electrons. The van der Waals surface area contributed by atoms with Gasteiger partial charge in [0.1, 0.15) is 11.5 Å². The Morgan fingerprint density at radius 1 is 1.62 bits per heavy atom. The van der Waals surface area contributed by atoms with Crippen LogP contribution in [0, 0.1) is 21.8 Å². The van der Waals surface area contributed by atoms with E-state index in [1.807, 2.05) is 0 Å². The maximum Gasteiger partial charge on any atom is 0.295 e. The molecule has 7 nitrogen and oxygen atoms in total. The minimum Gasteiger partial charge on any atom is -0.393 e. The van der Waals surface area contributed by atoms with Crippen LogP contribution in [0.1, 0.15) is 23.7 Å². The Morgan fingerprint density at radius 3 is 2.90 bits per heavy atom. The fourth-order valence-corrected chi connectivity index (χ4v) is 2.29. The standard InChI is InChI=1S/C13H16FN3O4/c1-7(8-2-3-21-6-8)16-13(18)10-4-9(14)5-11(12(10)15)17(19)20/h4-5,7-8H,2-3,6,15H2,1H3,(H,16,18). The van der Waals surface area contributed by atoms with Crippen LogP contribution in [-0.4, -0.2) is 30.1 Å². The lowest BCUT2D eigenvalue weighted by atomic mass is 10.00. The fraction of sp³-hybridized carbons (Fsp3) is 0.462. The van der Waals surface area contributed by atoms with E-state index in [4.69, 9.17) is 10.5 Å². The molecule has 21 heavy (non-hydrogen) atoms. The van der Waals surface area contributed by atoms with E-state index in [1.165, 1.54) is 0 Å². The molecular weight excluding hydrogens is 281 g/mol. The van der Waals surface area contributed by atoms with Gasteiger partial charge in [-0.15, -0.1) is 0 Å². The molecule has 2 atom stereocenters. The van der Waals surface area contributed by atoms with Crippen LogP contribution in [0.15, 0.2) is 12.1 Å². The zero-order valence-corrected chi connectivity index (χ0v) is 11.5. The average molecular weight is 297 g/mol. The number of nitro benzene ring substituents is 1. The number of carbonyl (C=O) groups excluding carboxylic acids is 1. The minimum atomic E-state index is -0.877. The van der Waals surface area contributed by atoms with E-state index in [0.29, 0.717) is 19.3 Å². The van der Waals surface area contributed by atoms with E-state index < -0.39 is 22.3 Å². The molecule has 0 saturated carbocycles. The summed E-state index contributed by atoms with van der Waals surface area (Å²) in [7, 11) is 0. The Labute approximate surface area is 120 Å². The number of hydrogen-bond acceptors (Lipinski definition) is 5. The highest BCUT2D eigenvalue weighted by molar-refractivity contribution is 6.01. The molecular formula is C13H16FN3O4. The first-order chi connectivity index (χ1) is 9.90. The summed E-state index contributed by atoms with van der Waals surface area (Å²) in [4.78, 5) is 22.1. The average Bonchev–Trinajstić information content (AvgIpc) is 2.94. The van der Waals surface area contributed by atoms with Gasteiger partial charge in [-0.1, -0.05) is 0 Å². The van der Waals surface area contributed by atoms with E-state index in [1.54, 1.807) is 6.92 Å². The summed E-state index contributed by atoms with van der Waals surface area (Å²) < 4.78 is 18.6. The Hall–Kier alpha value is -2.22. The third-order valence-corrected chi connectivity index (χ3v) is 3.60. The minimum absolute atomic E-state index is 0.165. The van der Waals surface area contributed by atoms with Crippen molar-refractivity contribution in [2.45, 2.75) is 19.4 Å². The van der Waals surface area contributed by atoms with E-state index in [9.17, 15) is 19.3 Å². The predicted molar refractivity (Wildman–Crippen MR) is 73.3 cm³/mol. The quantitative estimate of drug-likeness (QED) is 0.497. The molecule has 1 amide bonds. The molecule has 2 rings (SSSR count). The predicted octanol–water partition coefficient (Wildman–Crippen LogP) is 1.47. The number of hydrogen-bond donors (Lipinski definition) is 2. The number of nitrogens with zero attached hydrogens (tertiary/aromatic N) is 1. The van der Waals surface area contributed by atoms with Crippen molar-refractivity contribution in [2.75, 3.05) is 18.9 Å². The summed E-state index contributed by atoms with van der Waals surface area (Å²) >= 11 is 0. The summed E-state index contributed by atoms with van der Waals surface area (Å²) in [5.74, 6) is -1.34. The van der Waals surface area contributed by atoms with Crippen molar-refractivity contribution in [1.29, 1.82) is 0 Å². The molecule has 0 aromatic heterocycles. The van der Waals surface area contributed by atoms with Gasteiger partial charge < -0.3 is 15.8 Å². The molecule has 114 valence electrons. The van der Waals surface area contributed by atoms with Crippen molar-refractivity contribution in [3.05, 3.63) is 33.6 Å². The van der Waals surface area contributed by atoms with Gasteiger partial charge in [-0.3, -0.25) is 14.9 Å². The van der Waals surface area contributed by atoms with Crippen molar-refractivity contribution in [3.8, 4) is 0 Å². The number of ether oxygens (including phenoxy) is 1. The molecule has 0 spiro atoms. The zero-order valence-electron chi connectivity index (χ0n) is 11.5. The Balaban J connectivity index is 2.20. The first-order valence-electron chi connectivity index (χ1n) is 6.52. The van der Waals surface area contributed by atoms with E-state index >= 15 is 0 Å². The molecule has 1 aromatic carbocycles. The summed E-state index contributed by atoms with van der Waals surface area (Å²) in [6.07, 6.45) is 0.820. The van der Waals surface area contributed by atoms with Gasteiger partial charge in [-0.25, -0.2) is 4.39 Å². The third kappa shape index (κ3) is 3.27. The number of benzene rings is 1. The lowest BCUT2D eigenvalue weighted by molar-refractivity contribution is -0.384. The SMILES string of the molecule is CC(NC(=O)c1cc(F)cc([N+](=O)[O-])c1N)C1CCOC1. The summed E-state index contributed by atoms with van der Waals surface area (Å²) in [5, 5.41) is 13.5. The van der Waals surface area contributed by atoms with Crippen molar-refractivity contribution >= 4 is 17.3 Å². The molecule has 1 saturated heterocycles. The Kier molecular flexibility index (Phi) is 4.37. The monoisotopic (exact) mass is 297 g/mol. The molecule has 1 aliphatic heterocycles. The number of anilines is 1. The molecule has 2 unspecified atom stereocenters. The summed E-state index contributed by atoms with van der Waals surface area (Å²) in [6, 6.07) is 1.40. The van der Waals surface area contributed by atoms with Gasteiger partial charge >= 0.3 is 0 Å². The smallest absolute Gasteiger partial charge is 0.295 e. The topological polar surface area (TPSA) is 107 Å². The van der Waals surface area contributed by atoms with Crippen LogP contribution in [0.3, 0.4) is 0 Å². The number of nitro groups is 1. The van der Waals surface area contributed by atoms with Crippen molar-refractivity contribution < 1.29 is 18.8 Å². The number of nitrogens with one attached hydrogen (secondary N) is 1. The molecule has 1 fully saturated rings. The highest BCUT2D eigenvalue weighted by Crippen LogP contribution is 2.27. The number of halogens is 1. The number of carbonyl (C=O) groups is 1. The second-order valence-electron chi connectivity index (χ2n) is 5.03. The molecule has 0 aliphatic carbocycles. The lowest BCUT2D eigenvalue weighted by Crippen LogP contribution is -2.38. The van der Waals surface area contributed by atoms with Gasteiger partial charge in [0.15, 0.2) is 0 Å². The van der Waals surface area contributed by atoms with Gasteiger partial charge in [0, 0.05) is 18.6 Å². The van der Waals surface area contributed by atoms with E-state index in [2.05, 4.69) is 5.32 Å². The van der Waals surface area contributed by atoms with Crippen molar-refractivity contribution in [2.24, 2.45) is 5.92 Å². The van der Waals surface area contributed by atoms with Gasteiger partial charge in [0.2, 0.25) is 0 Å². The Bertz CT molecular complexity index is 573. The molecule has 1 aromatic rings. The maximum atomic E-state index is 13.4. The fourth-order valence-electron chi connectivity index (χ4n) is 2.29. The number of rotatable bonds is 4. The number of nitrogens with two attached hydrogens (primary N) is 1. The van der Waals surface area contributed by atoms with Crippen LogP contribution in [0.25, 0.3) is 0 Å². The normalized spacial score (nSPS) is 19.2. The number of amides is 1. The largest absolute Gasteiger partial charge is 0.393 e. The van der Waals surface area contributed by atoms with Crippen molar-refractivity contribution in [3.63, 3.8) is 0 Å². The second kappa shape index (κ2) is 6.04. The number of nitrogen functional groups attached to an aromatic ring is 1. The summed E-state index contributed by atoms with van der Waals surface area (Å²) in [6.45, 7) is 2.99. The van der Waals surface area contributed by atoms with Gasteiger partial charge in [-0.2, -0.15) is 0 Å².